The number of nitrogens with zero attached hydrogens (tertiary/aromatic N) is 1. The topological polar surface area (TPSA) is 170 Å². The fourth-order valence-corrected chi connectivity index (χ4v) is 5.44. The Balaban J connectivity index is 1.33. The van der Waals surface area contributed by atoms with Gasteiger partial charge in [-0.25, -0.2) is 18.1 Å². The summed E-state index contributed by atoms with van der Waals surface area (Å²) in [7, 11) is -3.06. The van der Waals surface area contributed by atoms with Crippen LogP contribution in [0.5, 0.6) is 5.75 Å². The number of aromatic nitrogens is 1. The molecule has 43 heavy (non-hydrogen) atoms. The second-order valence-corrected chi connectivity index (χ2v) is 11.6. The molecule has 1 heterocycles. The Morgan fingerprint density at radius 1 is 0.884 bits per heavy atom. The number of pyridine rings is 1. The van der Waals surface area contributed by atoms with Crippen molar-refractivity contribution in [1.82, 2.24) is 20.3 Å². The van der Waals surface area contributed by atoms with Gasteiger partial charge in [0.1, 0.15) is 13.2 Å². The van der Waals surface area contributed by atoms with Gasteiger partial charge in [-0.15, -0.1) is 0 Å². The summed E-state index contributed by atoms with van der Waals surface area (Å²) in [6.07, 6.45) is 6.12. The molecule has 0 saturated heterocycles. The lowest BCUT2D eigenvalue weighted by Gasteiger charge is -2.22. The maximum Gasteiger partial charge on any atom is 0.325 e. The van der Waals surface area contributed by atoms with Gasteiger partial charge in [0, 0.05) is 17.8 Å². The molecule has 1 aliphatic rings. The number of amides is 3. The van der Waals surface area contributed by atoms with E-state index in [1.807, 2.05) is 10.8 Å². The van der Waals surface area contributed by atoms with Crippen LogP contribution in [0.25, 0.3) is 0 Å². The maximum atomic E-state index is 12.8. The van der Waals surface area contributed by atoms with Crippen LogP contribution in [0.3, 0.4) is 0 Å². The summed E-state index contributed by atoms with van der Waals surface area (Å²) in [6, 6.07) is 15.5. The van der Waals surface area contributed by atoms with Crippen LogP contribution >= 0.6 is 0 Å². The quantitative estimate of drug-likeness (QED) is 0.277. The molecular formula is C30H32N4O8S. The number of benzene rings is 2. The normalized spacial score (nSPS) is 13.4. The minimum atomic E-state index is -4.30. The van der Waals surface area contributed by atoms with Crippen molar-refractivity contribution >= 4 is 33.7 Å². The highest BCUT2D eigenvalue weighted by atomic mass is 32.2. The van der Waals surface area contributed by atoms with E-state index in [0.29, 0.717) is 5.56 Å². The molecule has 1 aromatic heterocycles. The summed E-state index contributed by atoms with van der Waals surface area (Å²) in [5.74, 6) is -2.85. The molecule has 1 fully saturated rings. The first kappa shape index (κ1) is 31.2. The van der Waals surface area contributed by atoms with E-state index in [1.54, 1.807) is 24.3 Å². The van der Waals surface area contributed by atoms with Crippen LogP contribution in [0.4, 0.5) is 0 Å². The predicted molar refractivity (Wildman–Crippen MR) is 155 cm³/mol. The molecule has 0 aliphatic heterocycles. The zero-order chi connectivity index (χ0) is 30.8. The van der Waals surface area contributed by atoms with Crippen LogP contribution in [-0.2, 0) is 26.2 Å². The molecule has 1 aliphatic carbocycles. The van der Waals surface area contributed by atoms with Gasteiger partial charge >= 0.3 is 5.97 Å². The van der Waals surface area contributed by atoms with E-state index in [-0.39, 0.29) is 40.5 Å². The number of carbonyl (C=O) groups is 4. The maximum absolute atomic E-state index is 12.8. The Morgan fingerprint density at radius 3 is 2.26 bits per heavy atom. The molecule has 0 spiro atoms. The van der Waals surface area contributed by atoms with E-state index in [4.69, 9.17) is 9.47 Å². The molecule has 0 unspecified atom stereocenters. The Kier molecular flexibility index (Phi) is 10.4. The van der Waals surface area contributed by atoms with E-state index in [9.17, 15) is 27.6 Å². The van der Waals surface area contributed by atoms with Crippen LogP contribution in [0, 0.1) is 0 Å². The van der Waals surface area contributed by atoms with E-state index < -0.39 is 34.4 Å². The fraction of sp³-hybridized carbons (Fsp3) is 0.300. The van der Waals surface area contributed by atoms with Gasteiger partial charge in [-0.2, -0.15) is 0 Å². The summed E-state index contributed by atoms with van der Waals surface area (Å²) in [5, 5.41) is 5.34. The highest BCUT2D eigenvalue weighted by Gasteiger charge is 2.23. The highest BCUT2D eigenvalue weighted by molar-refractivity contribution is 7.90. The Morgan fingerprint density at radius 2 is 1.58 bits per heavy atom. The van der Waals surface area contributed by atoms with Gasteiger partial charge in [0.2, 0.25) is 0 Å². The standard InChI is InChI=1S/C30H32N4O8S/c1-41-25-16-22(17-31-27(25)30(38)32-18-26(35)42-19-20-8-4-2-5-9-20)29(37)34-43(39,40)24-14-12-21(13-15-24)28(36)33-23-10-6-3-7-11-23/h2,4-5,8-9,12-17,23H,3,6-7,10-11,18-19H2,1H3,(H,32,38)(H,33,36)(H,34,37). The number of nitrogens with one attached hydrogen (secondary N) is 3. The number of hydrogen-bond acceptors (Lipinski definition) is 9. The second-order valence-electron chi connectivity index (χ2n) is 9.87. The molecule has 1 saturated carbocycles. The first-order valence-electron chi connectivity index (χ1n) is 13.7. The zero-order valence-electron chi connectivity index (χ0n) is 23.5. The molecule has 12 nitrogen and oxygen atoms in total. The third-order valence-corrected chi connectivity index (χ3v) is 8.13. The third-order valence-electron chi connectivity index (χ3n) is 6.78. The van der Waals surface area contributed by atoms with Gasteiger partial charge in [-0.1, -0.05) is 49.6 Å². The lowest BCUT2D eigenvalue weighted by molar-refractivity contribution is -0.143. The molecule has 0 atom stereocenters. The smallest absolute Gasteiger partial charge is 0.325 e. The Bertz CT molecular complexity index is 1570. The first-order chi connectivity index (χ1) is 20.7. The van der Waals surface area contributed by atoms with Gasteiger partial charge < -0.3 is 20.1 Å². The molecule has 4 rings (SSSR count). The molecule has 3 aromatic rings. The van der Waals surface area contributed by atoms with E-state index in [0.717, 1.165) is 49.9 Å². The summed E-state index contributed by atoms with van der Waals surface area (Å²) in [5.41, 5.74) is 0.682. The summed E-state index contributed by atoms with van der Waals surface area (Å²) in [4.78, 5) is 53.6. The summed E-state index contributed by atoms with van der Waals surface area (Å²) >= 11 is 0. The largest absolute Gasteiger partial charge is 0.494 e. The lowest BCUT2D eigenvalue weighted by atomic mass is 9.95. The minimum Gasteiger partial charge on any atom is -0.494 e. The van der Waals surface area contributed by atoms with Crippen molar-refractivity contribution in [2.24, 2.45) is 0 Å². The lowest BCUT2D eigenvalue weighted by Crippen LogP contribution is -2.36. The molecule has 13 heteroatoms. The van der Waals surface area contributed by atoms with Crippen molar-refractivity contribution in [2.45, 2.75) is 49.6 Å². The molecule has 226 valence electrons. The molecule has 0 radical (unpaired) electrons. The van der Waals surface area contributed by atoms with Crippen molar-refractivity contribution in [3.63, 3.8) is 0 Å². The number of hydrogen-bond donors (Lipinski definition) is 3. The average molecular weight is 609 g/mol. The van der Waals surface area contributed by atoms with E-state index in [1.165, 1.54) is 31.4 Å². The number of esters is 1. The van der Waals surface area contributed by atoms with Gasteiger partial charge in [0.15, 0.2) is 11.4 Å². The van der Waals surface area contributed by atoms with E-state index in [2.05, 4.69) is 15.6 Å². The monoisotopic (exact) mass is 608 g/mol. The molecule has 2 aromatic carbocycles. The van der Waals surface area contributed by atoms with Crippen LogP contribution in [0.2, 0.25) is 0 Å². The van der Waals surface area contributed by atoms with Crippen LogP contribution in [-0.4, -0.2) is 56.8 Å². The van der Waals surface area contributed by atoms with Crippen LogP contribution in [0.15, 0.2) is 71.8 Å². The van der Waals surface area contributed by atoms with Crippen molar-refractivity contribution < 1.29 is 37.1 Å². The predicted octanol–water partition coefficient (Wildman–Crippen LogP) is 2.74. The molecule has 3 N–H and O–H groups in total. The van der Waals surface area contributed by atoms with Gasteiger partial charge in [0.25, 0.3) is 27.7 Å². The average Bonchev–Trinajstić information content (AvgIpc) is 3.03. The second kappa shape index (κ2) is 14.4. The Hall–Kier alpha value is -4.78. The van der Waals surface area contributed by atoms with Crippen molar-refractivity contribution in [2.75, 3.05) is 13.7 Å². The molecular weight excluding hydrogens is 576 g/mol. The zero-order valence-corrected chi connectivity index (χ0v) is 24.3. The number of rotatable bonds is 11. The van der Waals surface area contributed by atoms with Gasteiger partial charge in [-0.3, -0.25) is 19.2 Å². The van der Waals surface area contributed by atoms with Crippen molar-refractivity contribution in [3.05, 3.63) is 89.2 Å². The third kappa shape index (κ3) is 8.61. The van der Waals surface area contributed by atoms with Gasteiger partial charge in [-0.05, 0) is 48.7 Å². The molecule has 3 amide bonds. The number of sulfonamides is 1. The van der Waals surface area contributed by atoms with Crippen molar-refractivity contribution in [1.29, 1.82) is 0 Å². The number of carbonyl (C=O) groups excluding carboxylic acids is 4. The summed E-state index contributed by atoms with van der Waals surface area (Å²) in [6.45, 7) is -0.387. The fourth-order valence-electron chi connectivity index (χ4n) is 4.46. The number of ether oxygens (including phenoxy) is 2. The van der Waals surface area contributed by atoms with Crippen molar-refractivity contribution in [3.8, 4) is 5.75 Å². The number of methoxy groups -OCH3 is 1. The first-order valence-corrected chi connectivity index (χ1v) is 15.1. The van der Waals surface area contributed by atoms with E-state index >= 15 is 0 Å². The highest BCUT2D eigenvalue weighted by Crippen LogP contribution is 2.20. The van der Waals surface area contributed by atoms with Crippen LogP contribution < -0.4 is 20.1 Å². The Labute approximate surface area is 249 Å². The van der Waals surface area contributed by atoms with Gasteiger partial charge in [0.05, 0.1) is 17.6 Å². The summed E-state index contributed by atoms with van der Waals surface area (Å²) < 4.78 is 37.9. The SMILES string of the molecule is COc1cc(C(=O)NS(=O)(=O)c2ccc(C(=O)NC3CCCCC3)cc2)cnc1C(=O)NCC(=O)OCc1ccccc1. The minimum absolute atomic E-state index is 0.0454. The molecule has 0 bridgehead atoms. The van der Waals surface area contributed by atoms with Crippen LogP contribution in [0.1, 0.15) is 68.9 Å².